The topological polar surface area (TPSA) is 101 Å². The largest absolute Gasteiger partial charge is 0.507 e. The van der Waals surface area contributed by atoms with Crippen molar-refractivity contribution in [2.75, 3.05) is 5.73 Å². The van der Waals surface area contributed by atoms with Gasteiger partial charge in [0.25, 0.3) is 0 Å². The van der Waals surface area contributed by atoms with Crippen LogP contribution < -0.4 is 5.73 Å². The Labute approximate surface area is 159 Å². The molecule has 2 heterocycles. The van der Waals surface area contributed by atoms with E-state index in [-0.39, 0.29) is 17.5 Å². The number of fused-ring (bicyclic) bond motifs is 1. The van der Waals surface area contributed by atoms with Crippen LogP contribution in [0.15, 0.2) is 18.2 Å². The first-order chi connectivity index (χ1) is 13.0. The minimum absolute atomic E-state index is 0.0302. The average Bonchev–Trinajstić information content (AvgIpc) is 3.20. The summed E-state index contributed by atoms with van der Waals surface area (Å²) in [5.74, 6) is 0.656. The number of aliphatic hydroxyl groups excluding tert-OH is 1. The van der Waals surface area contributed by atoms with Crippen molar-refractivity contribution in [3.63, 3.8) is 0 Å². The highest BCUT2D eigenvalue weighted by molar-refractivity contribution is 5.72. The molecule has 1 spiro atoms. The predicted molar refractivity (Wildman–Crippen MR) is 103 cm³/mol. The Balaban J connectivity index is 0.000000257. The fourth-order valence-electron chi connectivity index (χ4n) is 3.90. The monoisotopic (exact) mass is 369 g/mol. The van der Waals surface area contributed by atoms with Gasteiger partial charge in [0, 0.05) is 17.5 Å². The van der Waals surface area contributed by atoms with Crippen LogP contribution in [0.2, 0.25) is 0 Å². The quantitative estimate of drug-likeness (QED) is 0.713. The lowest BCUT2D eigenvalue weighted by Crippen LogP contribution is -2.26. The van der Waals surface area contributed by atoms with Crippen molar-refractivity contribution in [1.82, 2.24) is 10.2 Å². The van der Waals surface area contributed by atoms with Gasteiger partial charge in [-0.3, -0.25) is 0 Å². The van der Waals surface area contributed by atoms with Crippen molar-refractivity contribution in [2.24, 2.45) is 0 Å². The molecule has 27 heavy (non-hydrogen) atoms. The van der Waals surface area contributed by atoms with E-state index in [2.05, 4.69) is 10.2 Å². The molecule has 6 nitrogen and oxygen atoms in total. The van der Waals surface area contributed by atoms with Crippen LogP contribution in [0.1, 0.15) is 55.2 Å². The summed E-state index contributed by atoms with van der Waals surface area (Å²) >= 11 is 0. The molecule has 4 N–H and O–H groups in total. The number of phenolic OH excluding ortho intramolecular Hbond substituents is 1. The number of nitrogen functional groups attached to an aromatic ring is 1. The maximum atomic E-state index is 10.2. The highest BCUT2D eigenvalue weighted by atomic mass is 16.5. The van der Waals surface area contributed by atoms with Crippen molar-refractivity contribution in [3.05, 3.63) is 34.9 Å². The number of ether oxygens (including phenoxy) is 1. The molecule has 2 aliphatic carbocycles. The number of benzene rings is 1. The zero-order valence-electron chi connectivity index (χ0n) is 15.7. The summed E-state index contributed by atoms with van der Waals surface area (Å²) in [5, 5.41) is 27.3. The fraction of sp³-hybridized carbons (Fsp3) is 0.524. The van der Waals surface area contributed by atoms with E-state index in [0.29, 0.717) is 18.0 Å². The van der Waals surface area contributed by atoms with Gasteiger partial charge in [-0.15, -0.1) is 10.2 Å². The Hall–Kier alpha value is -2.18. The molecular formula is C21H27N3O3. The zero-order chi connectivity index (χ0) is 19.0. The second kappa shape index (κ2) is 7.09. The number of aliphatic hydroxyl groups is 1. The number of aromatic hydroxyl groups is 1. The molecule has 1 aromatic heterocycles. The molecule has 0 atom stereocenters. The number of hydrogen-bond donors (Lipinski definition) is 3. The number of aromatic nitrogens is 2. The first-order valence-electron chi connectivity index (χ1n) is 9.73. The summed E-state index contributed by atoms with van der Waals surface area (Å²) in [7, 11) is 0. The summed E-state index contributed by atoms with van der Waals surface area (Å²) < 4.78 is 5.91. The number of nitrogens with zero attached hydrogens (tertiary/aromatic N) is 2. The summed E-state index contributed by atoms with van der Waals surface area (Å²) in [6, 6.07) is 5.60. The predicted octanol–water partition coefficient (Wildman–Crippen LogP) is 3.27. The number of nitrogens with two attached hydrogens (primary N) is 1. The van der Waals surface area contributed by atoms with E-state index in [9.17, 15) is 5.11 Å². The lowest BCUT2D eigenvalue weighted by atomic mass is 9.93. The normalized spacial score (nSPS) is 20.1. The van der Waals surface area contributed by atoms with Gasteiger partial charge >= 0.3 is 0 Å². The Morgan fingerprint density at radius 3 is 2.48 bits per heavy atom. The van der Waals surface area contributed by atoms with Gasteiger partial charge < -0.3 is 20.7 Å². The van der Waals surface area contributed by atoms with Crippen LogP contribution in [-0.4, -0.2) is 32.1 Å². The number of phenols is 1. The molecular weight excluding hydrogens is 342 g/mol. The molecule has 1 aromatic carbocycles. The molecule has 1 aliphatic heterocycles. The third-order valence-corrected chi connectivity index (χ3v) is 5.78. The minimum Gasteiger partial charge on any atom is -0.507 e. The van der Waals surface area contributed by atoms with Gasteiger partial charge in [-0.1, -0.05) is 18.9 Å². The van der Waals surface area contributed by atoms with Gasteiger partial charge in [0.05, 0.1) is 18.3 Å². The van der Waals surface area contributed by atoms with Gasteiger partial charge in [-0.05, 0) is 55.9 Å². The zero-order valence-corrected chi connectivity index (χ0v) is 15.7. The van der Waals surface area contributed by atoms with Gasteiger partial charge in [0.15, 0.2) is 5.82 Å². The summed E-state index contributed by atoms with van der Waals surface area (Å²) in [5.41, 5.74) is 10.3. The first kappa shape index (κ1) is 18.2. The number of hydrogen-bond acceptors (Lipinski definition) is 6. The van der Waals surface area contributed by atoms with Gasteiger partial charge in [-0.2, -0.15) is 0 Å². The number of rotatable bonds is 1. The Kier molecular flexibility index (Phi) is 4.78. The Bertz CT molecular complexity index is 843. The molecule has 2 aromatic rings. The van der Waals surface area contributed by atoms with E-state index >= 15 is 0 Å². The molecule has 6 heteroatoms. The van der Waals surface area contributed by atoms with E-state index < -0.39 is 0 Å². The van der Waals surface area contributed by atoms with Crippen LogP contribution in [-0.2, 0) is 17.8 Å². The molecule has 2 saturated carbocycles. The van der Waals surface area contributed by atoms with Crippen molar-refractivity contribution >= 4 is 5.82 Å². The minimum atomic E-state index is -0.0302. The molecule has 0 bridgehead atoms. The van der Waals surface area contributed by atoms with E-state index in [0.717, 1.165) is 54.5 Å². The lowest BCUT2D eigenvalue weighted by Gasteiger charge is -2.27. The molecule has 0 saturated heterocycles. The second-order valence-electron chi connectivity index (χ2n) is 8.00. The molecule has 3 aliphatic rings. The Morgan fingerprint density at radius 2 is 1.89 bits per heavy atom. The van der Waals surface area contributed by atoms with Crippen LogP contribution in [0.5, 0.6) is 5.75 Å². The standard InChI is InChI=1S/C16H17N3O2.C5H10O/c1-9-2-3-10(13(20)6-9)14-11-7-16(4-5-16)21-8-12(11)15(17)19-18-14;6-5-3-1-2-4-5/h2-3,6,20H,4-5,7-8H2,1H3,(H2,17,19);5-6H,1-4H2. The third-order valence-electron chi connectivity index (χ3n) is 5.78. The molecule has 2 fully saturated rings. The summed E-state index contributed by atoms with van der Waals surface area (Å²) in [6.45, 7) is 2.43. The first-order valence-corrected chi connectivity index (χ1v) is 9.73. The van der Waals surface area contributed by atoms with Gasteiger partial charge in [-0.25, -0.2) is 0 Å². The highest BCUT2D eigenvalue weighted by Gasteiger charge is 2.48. The average molecular weight is 369 g/mol. The van der Waals surface area contributed by atoms with Gasteiger partial charge in [0.2, 0.25) is 0 Å². The lowest BCUT2D eigenvalue weighted by molar-refractivity contribution is 0.00838. The smallest absolute Gasteiger partial charge is 0.151 e. The maximum absolute atomic E-state index is 10.2. The van der Waals surface area contributed by atoms with Crippen molar-refractivity contribution in [3.8, 4) is 17.0 Å². The van der Waals surface area contributed by atoms with Crippen LogP contribution in [0, 0.1) is 6.92 Å². The molecule has 0 unspecified atom stereocenters. The van der Waals surface area contributed by atoms with Crippen LogP contribution in [0.25, 0.3) is 11.3 Å². The van der Waals surface area contributed by atoms with Crippen molar-refractivity contribution in [2.45, 2.75) is 70.2 Å². The van der Waals surface area contributed by atoms with E-state index in [1.807, 2.05) is 19.1 Å². The van der Waals surface area contributed by atoms with Gasteiger partial charge in [0.1, 0.15) is 11.4 Å². The fourth-order valence-corrected chi connectivity index (χ4v) is 3.90. The van der Waals surface area contributed by atoms with Crippen molar-refractivity contribution < 1.29 is 14.9 Å². The van der Waals surface area contributed by atoms with E-state index in [1.165, 1.54) is 12.8 Å². The van der Waals surface area contributed by atoms with E-state index in [1.54, 1.807) is 6.07 Å². The SMILES string of the molecule is Cc1ccc(-c2nnc(N)c3c2CC2(CC2)OC3)c(O)c1.OC1CCCC1. The van der Waals surface area contributed by atoms with E-state index in [4.69, 9.17) is 15.6 Å². The summed E-state index contributed by atoms with van der Waals surface area (Å²) in [6.07, 6.45) is 7.56. The maximum Gasteiger partial charge on any atom is 0.151 e. The second-order valence-corrected chi connectivity index (χ2v) is 8.00. The molecule has 0 radical (unpaired) electrons. The van der Waals surface area contributed by atoms with Crippen molar-refractivity contribution in [1.29, 1.82) is 0 Å². The number of aryl methyl sites for hydroxylation is 1. The highest BCUT2D eigenvalue weighted by Crippen LogP contribution is 2.49. The third kappa shape index (κ3) is 3.77. The molecule has 144 valence electrons. The number of anilines is 1. The molecule has 5 rings (SSSR count). The summed E-state index contributed by atoms with van der Waals surface area (Å²) in [4.78, 5) is 0. The van der Waals surface area contributed by atoms with Crippen LogP contribution >= 0.6 is 0 Å². The molecule has 0 amide bonds. The Morgan fingerprint density at radius 1 is 1.15 bits per heavy atom. The van der Waals surface area contributed by atoms with Crippen LogP contribution in [0.4, 0.5) is 5.82 Å². The van der Waals surface area contributed by atoms with Crippen LogP contribution in [0.3, 0.4) is 0 Å².